The molecule has 2 aromatic rings. The standard InChI is InChI=1S/C17H23N3O/c1-11-16(12(2)20(3)19-11)10-17(18)13-5-4-6-15(9-13)21-14-7-8-14/h4-6,9,14,17H,7-8,10,18H2,1-3H3. The van der Waals surface area contributed by atoms with Crippen molar-refractivity contribution in [1.82, 2.24) is 9.78 Å². The number of rotatable bonds is 5. The minimum absolute atomic E-state index is 0.0330. The topological polar surface area (TPSA) is 53.1 Å². The maximum Gasteiger partial charge on any atom is 0.120 e. The lowest BCUT2D eigenvalue weighted by molar-refractivity contribution is 0.302. The van der Waals surface area contributed by atoms with E-state index >= 15 is 0 Å². The Morgan fingerprint density at radius 3 is 2.76 bits per heavy atom. The van der Waals surface area contributed by atoms with E-state index in [1.165, 1.54) is 24.1 Å². The summed E-state index contributed by atoms with van der Waals surface area (Å²) in [4.78, 5) is 0. The molecule has 1 aliphatic carbocycles. The van der Waals surface area contributed by atoms with Crippen LogP contribution in [0.3, 0.4) is 0 Å². The maximum atomic E-state index is 6.40. The van der Waals surface area contributed by atoms with Crippen LogP contribution in [-0.4, -0.2) is 15.9 Å². The first kappa shape index (κ1) is 14.1. The molecule has 0 spiro atoms. The van der Waals surface area contributed by atoms with Gasteiger partial charge in [0.2, 0.25) is 0 Å². The van der Waals surface area contributed by atoms with Crippen molar-refractivity contribution in [2.45, 2.75) is 45.3 Å². The van der Waals surface area contributed by atoms with E-state index in [1.807, 2.05) is 30.8 Å². The van der Waals surface area contributed by atoms with Gasteiger partial charge in [0, 0.05) is 18.8 Å². The summed E-state index contributed by atoms with van der Waals surface area (Å²) in [7, 11) is 1.97. The number of nitrogens with two attached hydrogens (primary N) is 1. The molecule has 0 saturated heterocycles. The molecule has 1 aromatic heterocycles. The van der Waals surface area contributed by atoms with Gasteiger partial charge >= 0.3 is 0 Å². The summed E-state index contributed by atoms with van der Waals surface area (Å²) in [5, 5.41) is 4.46. The van der Waals surface area contributed by atoms with Gasteiger partial charge in [0.25, 0.3) is 0 Å². The fourth-order valence-corrected chi connectivity index (χ4v) is 2.65. The van der Waals surface area contributed by atoms with E-state index in [2.05, 4.69) is 24.2 Å². The molecule has 4 nitrogen and oxygen atoms in total. The highest BCUT2D eigenvalue weighted by atomic mass is 16.5. The Kier molecular flexibility index (Phi) is 3.72. The van der Waals surface area contributed by atoms with E-state index in [1.54, 1.807) is 0 Å². The van der Waals surface area contributed by atoms with E-state index in [4.69, 9.17) is 10.5 Å². The summed E-state index contributed by atoms with van der Waals surface area (Å²) in [6.45, 7) is 4.14. The van der Waals surface area contributed by atoms with Gasteiger partial charge < -0.3 is 10.5 Å². The molecule has 0 radical (unpaired) electrons. The number of aryl methyl sites for hydroxylation is 2. The predicted molar refractivity (Wildman–Crippen MR) is 83.4 cm³/mol. The van der Waals surface area contributed by atoms with Crippen molar-refractivity contribution in [3.05, 3.63) is 46.8 Å². The second-order valence-corrected chi connectivity index (χ2v) is 5.97. The molecule has 1 aromatic carbocycles. The summed E-state index contributed by atoms with van der Waals surface area (Å²) < 4.78 is 7.77. The maximum absolute atomic E-state index is 6.40. The summed E-state index contributed by atoms with van der Waals surface area (Å²) in [5.41, 5.74) is 11.0. The summed E-state index contributed by atoms with van der Waals surface area (Å²) in [6, 6.07) is 8.15. The second-order valence-electron chi connectivity index (χ2n) is 5.97. The molecule has 1 atom stereocenters. The van der Waals surface area contributed by atoms with Crippen LogP contribution in [0.2, 0.25) is 0 Å². The number of benzene rings is 1. The van der Waals surface area contributed by atoms with Gasteiger partial charge in [-0.1, -0.05) is 12.1 Å². The van der Waals surface area contributed by atoms with E-state index in [9.17, 15) is 0 Å². The number of aromatic nitrogens is 2. The molecule has 1 unspecified atom stereocenters. The first-order valence-electron chi connectivity index (χ1n) is 7.56. The fraction of sp³-hybridized carbons (Fsp3) is 0.471. The summed E-state index contributed by atoms with van der Waals surface area (Å²) in [6.07, 6.45) is 3.56. The largest absolute Gasteiger partial charge is 0.490 e. The molecule has 1 aliphatic rings. The third-order valence-electron chi connectivity index (χ3n) is 4.20. The van der Waals surface area contributed by atoms with Crippen molar-refractivity contribution in [3.63, 3.8) is 0 Å². The van der Waals surface area contributed by atoms with Crippen LogP contribution in [0.1, 0.15) is 41.4 Å². The van der Waals surface area contributed by atoms with E-state index in [0.717, 1.165) is 23.4 Å². The molecule has 1 fully saturated rings. The Balaban J connectivity index is 1.76. The first-order valence-corrected chi connectivity index (χ1v) is 7.56. The van der Waals surface area contributed by atoms with E-state index < -0.39 is 0 Å². The van der Waals surface area contributed by atoms with E-state index in [-0.39, 0.29) is 6.04 Å². The first-order chi connectivity index (χ1) is 10.0. The highest BCUT2D eigenvalue weighted by Gasteiger charge is 2.23. The smallest absolute Gasteiger partial charge is 0.120 e. The van der Waals surface area contributed by atoms with Crippen LogP contribution < -0.4 is 10.5 Å². The minimum atomic E-state index is -0.0330. The lowest BCUT2D eigenvalue weighted by Crippen LogP contribution is -2.14. The molecule has 1 saturated carbocycles. The number of nitrogens with zero attached hydrogens (tertiary/aromatic N) is 2. The summed E-state index contributed by atoms with van der Waals surface area (Å²) >= 11 is 0. The quantitative estimate of drug-likeness (QED) is 0.919. The number of hydrogen-bond acceptors (Lipinski definition) is 3. The van der Waals surface area contributed by atoms with Crippen LogP contribution in [0.15, 0.2) is 24.3 Å². The van der Waals surface area contributed by atoms with Crippen LogP contribution in [0, 0.1) is 13.8 Å². The van der Waals surface area contributed by atoms with Crippen molar-refractivity contribution in [2.24, 2.45) is 12.8 Å². The Bertz CT molecular complexity index is 643. The zero-order valence-corrected chi connectivity index (χ0v) is 13.0. The molecule has 0 aliphatic heterocycles. The zero-order chi connectivity index (χ0) is 15.0. The Hall–Kier alpha value is -1.81. The van der Waals surface area contributed by atoms with Gasteiger partial charge in [0.05, 0.1) is 11.8 Å². The normalized spacial score (nSPS) is 16.0. The van der Waals surface area contributed by atoms with Gasteiger partial charge in [-0.05, 0) is 56.4 Å². The average molecular weight is 285 g/mol. The third-order valence-corrected chi connectivity index (χ3v) is 4.20. The minimum Gasteiger partial charge on any atom is -0.490 e. The Morgan fingerprint density at radius 2 is 2.14 bits per heavy atom. The molecular weight excluding hydrogens is 262 g/mol. The number of hydrogen-bond donors (Lipinski definition) is 1. The van der Waals surface area contributed by atoms with Gasteiger partial charge in [0.15, 0.2) is 0 Å². The highest BCUT2D eigenvalue weighted by Crippen LogP contribution is 2.29. The van der Waals surface area contributed by atoms with Crippen LogP contribution >= 0.6 is 0 Å². The molecule has 0 bridgehead atoms. The monoisotopic (exact) mass is 285 g/mol. The van der Waals surface area contributed by atoms with Crippen molar-refractivity contribution < 1.29 is 4.74 Å². The predicted octanol–water partition coefficient (Wildman–Crippen LogP) is 2.82. The molecule has 112 valence electrons. The Morgan fingerprint density at radius 1 is 1.38 bits per heavy atom. The van der Waals surface area contributed by atoms with Gasteiger partial charge in [-0.15, -0.1) is 0 Å². The van der Waals surface area contributed by atoms with Crippen molar-refractivity contribution in [1.29, 1.82) is 0 Å². The van der Waals surface area contributed by atoms with Gasteiger partial charge in [0.1, 0.15) is 5.75 Å². The van der Waals surface area contributed by atoms with Crippen molar-refractivity contribution >= 4 is 0 Å². The number of ether oxygens (including phenoxy) is 1. The Labute approximate surface area is 125 Å². The van der Waals surface area contributed by atoms with Crippen LogP contribution in [0.25, 0.3) is 0 Å². The molecule has 2 N–H and O–H groups in total. The van der Waals surface area contributed by atoms with Crippen LogP contribution in [-0.2, 0) is 13.5 Å². The van der Waals surface area contributed by atoms with Gasteiger partial charge in [-0.25, -0.2) is 0 Å². The van der Waals surface area contributed by atoms with E-state index in [0.29, 0.717) is 6.10 Å². The van der Waals surface area contributed by atoms with Crippen molar-refractivity contribution in [3.8, 4) is 5.75 Å². The highest BCUT2D eigenvalue weighted by molar-refractivity contribution is 5.33. The van der Waals surface area contributed by atoms with Gasteiger partial charge in [-0.2, -0.15) is 5.10 Å². The molecule has 1 heterocycles. The van der Waals surface area contributed by atoms with Crippen LogP contribution in [0.5, 0.6) is 5.75 Å². The zero-order valence-electron chi connectivity index (χ0n) is 13.0. The third kappa shape index (κ3) is 3.10. The molecule has 21 heavy (non-hydrogen) atoms. The SMILES string of the molecule is Cc1nn(C)c(C)c1CC(N)c1cccc(OC2CC2)c1. The fourth-order valence-electron chi connectivity index (χ4n) is 2.65. The second kappa shape index (κ2) is 5.53. The average Bonchev–Trinajstić information content (AvgIpc) is 3.23. The molecule has 3 rings (SSSR count). The lowest BCUT2D eigenvalue weighted by Gasteiger charge is -2.14. The molecule has 0 amide bonds. The molecule has 4 heteroatoms. The van der Waals surface area contributed by atoms with Gasteiger partial charge in [-0.3, -0.25) is 4.68 Å². The van der Waals surface area contributed by atoms with Crippen molar-refractivity contribution in [2.75, 3.05) is 0 Å². The summed E-state index contributed by atoms with van der Waals surface area (Å²) in [5.74, 6) is 0.935. The molecular formula is C17H23N3O. The van der Waals surface area contributed by atoms with Crippen LogP contribution in [0.4, 0.5) is 0 Å². The lowest BCUT2D eigenvalue weighted by atomic mass is 9.98.